The van der Waals surface area contributed by atoms with Crippen molar-refractivity contribution in [3.8, 4) is 0 Å². The van der Waals surface area contributed by atoms with Crippen LogP contribution in [-0.2, 0) is 25.9 Å². The summed E-state index contributed by atoms with van der Waals surface area (Å²) in [4.78, 5) is 24.8. The summed E-state index contributed by atoms with van der Waals surface area (Å²) >= 11 is 0. The summed E-state index contributed by atoms with van der Waals surface area (Å²) in [6.45, 7) is 10.3. The Labute approximate surface area is 235 Å². The molecule has 3 heterocycles. The third-order valence-corrected chi connectivity index (χ3v) is 8.91. The number of aryl methyl sites for hydroxylation is 1. The molecule has 1 amide bonds. The van der Waals surface area contributed by atoms with Crippen molar-refractivity contribution in [3.63, 3.8) is 0 Å². The van der Waals surface area contributed by atoms with Crippen LogP contribution < -0.4 is 0 Å². The van der Waals surface area contributed by atoms with E-state index in [-0.39, 0.29) is 23.0 Å². The molecule has 2 aliphatic rings. The van der Waals surface area contributed by atoms with Crippen molar-refractivity contribution in [1.29, 1.82) is 0 Å². The molecule has 2 aromatic heterocycles. The molecule has 2 unspecified atom stereocenters. The Balaban J connectivity index is 1.31. The molecule has 4 aromatic rings. The van der Waals surface area contributed by atoms with E-state index in [1.807, 2.05) is 47.6 Å². The minimum atomic E-state index is -0.195. The normalized spacial score (nSPS) is 18.8. The van der Waals surface area contributed by atoms with E-state index in [9.17, 15) is 9.90 Å². The summed E-state index contributed by atoms with van der Waals surface area (Å²) in [6.07, 6.45) is 9.48. The van der Waals surface area contributed by atoms with Gasteiger partial charge in [0.05, 0.1) is 29.0 Å². The molecule has 6 rings (SSSR count). The average Bonchev–Trinajstić information content (AvgIpc) is 3.40. The molecule has 0 spiro atoms. The van der Waals surface area contributed by atoms with Crippen LogP contribution >= 0.6 is 0 Å². The lowest BCUT2D eigenvalue weighted by Crippen LogP contribution is -2.37. The van der Waals surface area contributed by atoms with Gasteiger partial charge in [-0.15, -0.1) is 0 Å². The summed E-state index contributed by atoms with van der Waals surface area (Å²) in [5, 5.41) is 11.4. The molecular weight excluding hydrogens is 496 g/mol. The Morgan fingerprint density at radius 2 is 1.98 bits per heavy atom. The van der Waals surface area contributed by atoms with E-state index in [4.69, 9.17) is 4.98 Å². The second kappa shape index (κ2) is 10.4. The molecule has 0 fully saturated rings. The molecule has 0 radical (unpaired) electrons. The molecule has 0 saturated heterocycles. The molecule has 6 heteroatoms. The third kappa shape index (κ3) is 4.61. The van der Waals surface area contributed by atoms with Gasteiger partial charge in [0.25, 0.3) is 5.91 Å². The van der Waals surface area contributed by atoms with Gasteiger partial charge in [0.15, 0.2) is 0 Å². The zero-order valence-corrected chi connectivity index (χ0v) is 23.3. The van der Waals surface area contributed by atoms with Crippen molar-refractivity contribution < 1.29 is 9.90 Å². The van der Waals surface area contributed by atoms with Gasteiger partial charge in [-0.2, -0.15) is 0 Å². The van der Waals surface area contributed by atoms with Gasteiger partial charge >= 0.3 is 0 Å². The Morgan fingerprint density at radius 1 is 1.12 bits per heavy atom. The molecule has 204 valence electrons. The summed E-state index contributed by atoms with van der Waals surface area (Å²) in [6, 6.07) is 18.3. The molecule has 6 nitrogen and oxygen atoms in total. The summed E-state index contributed by atoms with van der Waals surface area (Å²) in [7, 11) is 0. The highest BCUT2D eigenvalue weighted by atomic mass is 16.3. The first-order valence-electron chi connectivity index (χ1n) is 14.3. The van der Waals surface area contributed by atoms with E-state index >= 15 is 0 Å². The largest absolute Gasteiger partial charge is 0.513 e. The maximum Gasteiger partial charge on any atom is 0.272 e. The van der Waals surface area contributed by atoms with E-state index in [2.05, 4.69) is 60.3 Å². The van der Waals surface area contributed by atoms with E-state index in [1.54, 1.807) is 0 Å². The number of hydrogen-bond acceptors (Lipinski definition) is 4. The lowest BCUT2D eigenvalue weighted by atomic mass is 9.64. The smallest absolute Gasteiger partial charge is 0.272 e. The predicted molar refractivity (Wildman–Crippen MR) is 159 cm³/mol. The number of amides is 1. The van der Waals surface area contributed by atoms with E-state index in [0.717, 1.165) is 53.5 Å². The molecule has 2 aromatic carbocycles. The van der Waals surface area contributed by atoms with Gasteiger partial charge in [0.2, 0.25) is 0 Å². The topological polar surface area (TPSA) is 71.2 Å². The second-order valence-electron chi connectivity index (χ2n) is 11.2. The highest BCUT2D eigenvalue weighted by Gasteiger charge is 2.40. The molecule has 1 aliphatic heterocycles. The van der Waals surface area contributed by atoms with Gasteiger partial charge in [-0.05, 0) is 54.7 Å². The Bertz CT molecular complexity index is 1630. The van der Waals surface area contributed by atoms with Crippen LogP contribution in [0.5, 0.6) is 0 Å². The number of carbonyl (C=O) groups excluding carboxylic acids is 1. The minimum Gasteiger partial charge on any atom is -0.513 e. The van der Waals surface area contributed by atoms with Crippen LogP contribution in [0.1, 0.15) is 71.2 Å². The number of aliphatic hydroxyl groups is 1. The van der Waals surface area contributed by atoms with Gasteiger partial charge in [0.1, 0.15) is 5.69 Å². The van der Waals surface area contributed by atoms with Crippen LogP contribution in [0.4, 0.5) is 0 Å². The first kappa shape index (κ1) is 26.1. The molecule has 1 aliphatic carbocycles. The number of allylic oxidation sites excluding steroid dienone is 2. The third-order valence-electron chi connectivity index (χ3n) is 8.91. The van der Waals surface area contributed by atoms with E-state index in [1.165, 1.54) is 11.3 Å². The van der Waals surface area contributed by atoms with E-state index in [0.29, 0.717) is 25.2 Å². The highest BCUT2D eigenvalue weighted by Crippen LogP contribution is 2.49. The fourth-order valence-electron chi connectivity index (χ4n) is 6.56. The number of hydrogen-bond donors (Lipinski definition) is 1. The lowest BCUT2D eigenvalue weighted by molar-refractivity contribution is 0.0729. The van der Waals surface area contributed by atoms with Crippen LogP contribution in [0.2, 0.25) is 0 Å². The van der Waals surface area contributed by atoms with Gasteiger partial charge in [0, 0.05) is 49.2 Å². The lowest BCUT2D eigenvalue weighted by Gasteiger charge is -2.40. The predicted octanol–water partition coefficient (Wildman–Crippen LogP) is 6.86. The number of para-hydroxylation sites is 1. The van der Waals surface area contributed by atoms with Crippen molar-refractivity contribution in [2.24, 2.45) is 5.41 Å². The van der Waals surface area contributed by atoms with Crippen molar-refractivity contribution in [2.45, 2.75) is 58.5 Å². The molecule has 0 saturated carbocycles. The highest BCUT2D eigenvalue weighted by molar-refractivity contribution is 5.95. The number of imidazole rings is 1. The monoisotopic (exact) mass is 532 g/mol. The maximum absolute atomic E-state index is 13.5. The van der Waals surface area contributed by atoms with Crippen molar-refractivity contribution in [2.75, 3.05) is 6.54 Å². The SMILES string of the molecule is C=C(O)CC(c1ccc2c(c1)CN(C(=O)c1ccc3ccccc3n1)CC2)C1(CC)C=Cc2c(ncn2CC)C1. The van der Waals surface area contributed by atoms with Gasteiger partial charge in [-0.25, -0.2) is 9.97 Å². The van der Waals surface area contributed by atoms with Gasteiger partial charge in [-0.1, -0.05) is 62.0 Å². The Hall–Kier alpha value is -4.19. The van der Waals surface area contributed by atoms with E-state index < -0.39 is 0 Å². The number of aliphatic hydroxyl groups excluding tert-OH is 1. The number of benzene rings is 2. The van der Waals surface area contributed by atoms with Crippen molar-refractivity contribution in [3.05, 3.63) is 113 Å². The molecule has 0 bridgehead atoms. The maximum atomic E-state index is 13.5. The first-order chi connectivity index (χ1) is 19.4. The fraction of sp³-hybridized carbons (Fsp3) is 0.324. The molecular formula is C34H36N4O2. The summed E-state index contributed by atoms with van der Waals surface area (Å²) < 4.78 is 2.18. The quantitative estimate of drug-likeness (QED) is 0.264. The van der Waals surface area contributed by atoms with Gasteiger partial charge in [-0.3, -0.25) is 4.79 Å². The minimum absolute atomic E-state index is 0.0321. The average molecular weight is 533 g/mol. The molecule has 1 N–H and O–H groups in total. The number of carbonyl (C=O) groups is 1. The second-order valence-corrected chi connectivity index (χ2v) is 11.2. The Morgan fingerprint density at radius 3 is 2.77 bits per heavy atom. The number of fused-ring (bicyclic) bond motifs is 3. The number of pyridine rings is 1. The number of aromatic nitrogens is 3. The van der Waals surface area contributed by atoms with Crippen LogP contribution in [0.25, 0.3) is 17.0 Å². The standard InChI is InChI=1S/C34H36N4O2/c1-4-34(16-14-32-31(20-34)35-22-37(32)5-2)28(18-23(3)39)26-11-10-24-15-17-38(21-27(24)19-26)33(40)30-13-12-25-8-6-7-9-29(25)36-30/h6-14,16,19,22,28,39H,3-5,15,17-18,20-21H2,1-2H3. The van der Waals surface area contributed by atoms with Crippen molar-refractivity contribution >= 4 is 22.9 Å². The van der Waals surface area contributed by atoms with Crippen LogP contribution in [0.3, 0.4) is 0 Å². The van der Waals surface area contributed by atoms with Crippen LogP contribution in [0, 0.1) is 5.41 Å². The number of rotatable bonds is 7. The Kier molecular flexibility index (Phi) is 6.78. The number of nitrogens with zero attached hydrogens (tertiary/aromatic N) is 4. The summed E-state index contributed by atoms with van der Waals surface area (Å²) in [5.74, 6) is 0.180. The first-order valence-corrected chi connectivity index (χ1v) is 14.3. The molecule has 40 heavy (non-hydrogen) atoms. The van der Waals surface area contributed by atoms with Crippen LogP contribution in [-0.4, -0.2) is 37.0 Å². The zero-order chi connectivity index (χ0) is 27.9. The van der Waals surface area contributed by atoms with Crippen LogP contribution in [0.15, 0.2) is 79.3 Å². The summed E-state index contributed by atoms with van der Waals surface area (Å²) in [5.41, 5.74) is 7.00. The van der Waals surface area contributed by atoms with Gasteiger partial charge < -0.3 is 14.6 Å². The fourth-order valence-corrected chi connectivity index (χ4v) is 6.56. The van der Waals surface area contributed by atoms with Crippen molar-refractivity contribution in [1.82, 2.24) is 19.4 Å². The zero-order valence-electron chi connectivity index (χ0n) is 23.3. The molecule has 2 atom stereocenters.